The van der Waals surface area contributed by atoms with Gasteiger partial charge in [0.25, 0.3) is 0 Å². The summed E-state index contributed by atoms with van der Waals surface area (Å²) in [7, 11) is -0.639. The predicted octanol–water partition coefficient (Wildman–Crippen LogP) is 1.21. The number of sulfonamides is 1. The number of piperidine rings is 1. The number of hydrogen-bond acceptors (Lipinski definition) is 5. The average molecular weight is 369 g/mol. The molecule has 0 aromatic carbocycles. The highest BCUT2D eigenvalue weighted by atomic mass is 32.2. The number of nitrogens with zero attached hydrogens (tertiary/aromatic N) is 3. The lowest BCUT2D eigenvalue weighted by molar-refractivity contribution is -0.127. The van der Waals surface area contributed by atoms with Gasteiger partial charge in [0.2, 0.25) is 15.9 Å². The lowest BCUT2D eigenvalue weighted by Gasteiger charge is -2.31. The van der Waals surface area contributed by atoms with Gasteiger partial charge in [-0.05, 0) is 37.3 Å². The summed E-state index contributed by atoms with van der Waals surface area (Å²) in [5.41, 5.74) is 0.766. The zero-order valence-corrected chi connectivity index (χ0v) is 16.2. The summed E-state index contributed by atoms with van der Waals surface area (Å²) >= 11 is 0. The van der Waals surface area contributed by atoms with Crippen LogP contribution in [0.2, 0.25) is 0 Å². The molecule has 2 heterocycles. The molecule has 0 spiro atoms. The first-order valence-electron chi connectivity index (χ1n) is 8.60. The number of aromatic nitrogens is 1. The van der Waals surface area contributed by atoms with Crippen LogP contribution in [0, 0.1) is 5.92 Å². The van der Waals surface area contributed by atoms with Crippen LogP contribution in [0.15, 0.2) is 18.3 Å². The van der Waals surface area contributed by atoms with Crippen molar-refractivity contribution < 1.29 is 13.2 Å². The first kappa shape index (κ1) is 19.7. The largest absolute Gasteiger partial charge is 0.357 e. The number of amides is 1. The molecular formula is C17H28N4O3S. The van der Waals surface area contributed by atoms with Crippen molar-refractivity contribution in [2.24, 2.45) is 5.92 Å². The van der Waals surface area contributed by atoms with Gasteiger partial charge in [0, 0.05) is 39.9 Å². The fourth-order valence-electron chi connectivity index (χ4n) is 2.75. The lowest BCUT2D eigenvalue weighted by atomic mass is 9.99. The summed E-state index contributed by atoms with van der Waals surface area (Å²) in [6.45, 7) is 5.79. The van der Waals surface area contributed by atoms with Crippen LogP contribution >= 0.6 is 0 Å². The Morgan fingerprint density at radius 2 is 2.00 bits per heavy atom. The highest BCUT2D eigenvalue weighted by Crippen LogP contribution is 2.21. The standard InChI is InChI=1S/C17H28N4O3S/c1-13-7-9-21(10-8-13)16-6-5-15(11-18-16)12-19-25(23,24)14(2)17(22)20(3)4/h5-6,11,13-14,19H,7-10,12H2,1-4H3. The molecule has 7 nitrogen and oxygen atoms in total. The second kappa shape index (κ2) is 8.14. The molecule has 1 aliphatic rings. The molecule has 2 rings (SSSR count). The van der Waals surface area contributed by atoms with E-state index in [1.165, 1.54) is 24.7 Å². The third-order valence-electron chi connectivity index (χ3n) is 4.65. The Morgan fingerprint density at radius 3 is 2.52 bits per heavy atom. The fraction of sp³-hybridized carbons (Fsp3) is 0.647. The van der Waals surface area contributed by atoms with E-state index >= 15 is 0 Å². The molecule has 25 heavy (non-hydrogen) atoms. The molecule has 1 fully saturated rings. The van der Waals surface area contributed by atoms with Gasteiger partial charge in [-0.25, -0.2) is 18.1 Å². The Morgan fingerprint density at radius 1 is 1.36 bits per heavy atom. The van der Waals surface area contributed by atoms with E-state index in [9.17, 15) is 13.2 Å². The minimum Gasteiger partial charge on any atom is -0.357 e. The Hall–Kier alpha value is -1.67. The van der Waals surface area contributed by atoms with E-state index in [2.05, 4.69) is 21.5 Å². The molecular weight excluding hydrogens is 340 g/mol. The number of pyridine rings is 1. The van der Waals surface area contributed by atoms with Crippen LogP contribution in [0.1, 0.15) is 32.3 Å². The Kier molecular flexibility index (Phi) is 6.40. The van der Waals surface area contributed by atoms with Crippen LogP contribution in [0.5, 0.6) is 0 Å². The van der Waals surface area contributed by atoms with Crippen molar-refractivity contribution in [3.63, 3.8) is 0 Å². The molecule has 0 radical (unpaired) electrons. The summed E-state index contributed by atoms with van der Waals surface area (Å²) in [5.74, 6) is 1.24. The van der Waals surface area contributed by atoms with Crippen molar-refractivity contribution >= 4 is 21.7 Å². The number of carbonyl (C=O) groups excluding carboxylic acids is 1. The first-order valence-corrected chi connectivity index (χ1v) is 10.1. The van der Waals surface area contributed by atoms with Crippen LogP contribution < -0.4 is 9.62 Å². The van der Waals surface area contributed by atoms with Crippen LogP contribution in [0.4, 0.5) is 5.82 Å². The number of rotatable bonds is 6. The number of nitrogens with one attached hydrogen (secondary N) is 1. The van der Waals surface area contributed by atoms with Crippen molar-refractivity contribution in [1.29, 1.82) is 0 Å². The molecule has 1 unspecified atom stereocenters. The number of carbonyl (C=O) groups is 1. The van der Waals surface area contributed by atoms with Crippen LogP contribution in [-0.2, 0) is 21.4 Å². The van der Waals surface area contributed by atoms with Gasteiger partial charge >= 0.3 is 0 Å². The monoisotopic (exact) mass is 368 g/mol. The molecule has 1 aromatic heterocycles. The van der Waals surface area contributed by atoms with E-state index in [1.54, 1.807) is 20.3 Å². The van der Waals surface area contributed by atoms with E-state index in [1.807, 2.05) is 12.1 Å². The summed E-state index contributed by atoms with van der Waals surface area (Å²) in [6, 6.07) is 3.80. The van der Waals surface area contributed by atoms with Crippen molar-refractivity contribution in [3.8, 4) is 0 Å². The third-order valence-corrected chi connectivity index (χ3v) is 6.33. The summed E-state index contributed by atoms with van der Waals surface area (Å²) in [4.78, 5) is 19.8. The van der Waals surface area contributed by atoms with Gasteiger partial charge in [0.05, 0.1) is 0 Å². The Bertz CT molecular complexity index is 680. The Labute approximate surface area is 150 Å². The smallest absolute Gasteiger partial charge is 0.241 e. The predicted molar refractivity (Wildman–Crippen MR) is 98.8 cm³/mol. The SMILES string of the molecule is CC1CCN(c2ccc(CNS(=O)(=O)C(C)C(=O)N(C)C)cn2)CC1. The second-order valence-corrected chi connectivity index (χ2v) is 9.02. The van der Waals surface area contributed by atoms with Crippen molar-refractivity contribution in [3.05, 3.63) is 23.9 Å². The van der Waals surface area contributed by atoms with E-state index in [0.29, 0.717) is 0 Å². The van der Waals surface area contributed by atoms with E-state index in [0.717, 1.165) is 30.4 Å². The molecule has 8 heteroatoms. The number of anilines is 1. The second-order valence-electron chi connectivity index (χ2n) is 6.94. The molecule has 1 amide bonds. The van der Waals surface area contributed by atoms with Gasteiger partial charge in [-0.3, -0.25) is 4.79 Å². The molecule has 0 saturated carbocycles. The lowest BCUT2D eigenvalue weighted by Crippen LogP contribution is -2.42. The molecule has 0 bridgehead atoms. The van der Waals surface area contributed by atoms with Crippen molar-refractivity contribution in [2.75, 3.05) is 32.1 Å². The molecule has 0 aliphatic carbocycles. The molecule has 140 valence electrons. The quantitative estimate of drug-likeness (QED) is 0.816. The summed E-state index contributed by atoms with van der Waals surface area (Å²) in [6.07, 6.45) is 4.02. The normalized spacial score (nSPS) is 17.4. The van der Waals surface area contributed by atoms with Gasteiger partial charge in [0.15, 0.2) is 5.25 Å². The molecule has 1 N–H and O–H groups in total. The van der Waals surface area contributed by atoms with Gasteiger partial charge in [-0.2, -0.15) is 0 Å². The molecule has 1 aromatic rings. The van der Waals surface area contributed by atoms with Crippen LogP contribution in [0.25, 0.3) is 0 Å². The van der Waals surface area contributed by atoms with Gasteiger partial charge in [-0.15, -0.1) is 0 Å². The van der Waals surface area contributed by atoms with Gasteiger partial charge < -0.3 is 9.80 Å². The zero-order valence-electron chi connectivity index (χ0n) is 15.4. The van der Waals surface area contributed by atoms with Crippen molar-refractivity contribution in [1.82, 2.24) is 14.6 Å². The highest BCUT2D eigenvalue weighted by molar-refractivity contribution is 7.90. The fourth-order valence-corrected chi connectivity index (χ4v) is 3.85. The zero-order chi connectivity index (χ0) is 18.6. The van der Waals surface area contributed by atoms with Gasteiger partial charge in [0.1, 0.15) is 5.82 Å². The minimum absolute atomic E-state index is 0.123. The van der Waals surface area contributed by atoms with Crippen molar-refractivity contribution in [2.45, 2.75) is 38.5 Å². The van der Waals surface area contributed by atoms with Crippen LogP contribution in [-0.4, -0.2) is 56.6 Å². The topological polar surface area (TPSA) is 82.6 Å². The van der Waals surface area contributed by atoms with E-state index in [-0.39, 0.29) is 6.54 Å². The third kappa shape index (κ3) is 5.15. The average Bonchev–Trinajstić information content (AvgIpc) is 2.60. The maximum atomic E-state index is 12.2. The molecule has 1 saturated heterocycles. The number of hydrogen-bond donors (Lipinski definition) is 1. The van der Waals surface area contributed by atoms with Crippen LogP contribution in [0.3, 0.4) is 0 Å². The maximum absolute atomic E-state index is 12.2. The maximum Gasteiger partial charge on any atom is 0.241 e. The molecule has 1 atom stereocenters. The summed E-state index contributed by atoms with van der Waals surface area (Å²) in [5, 5.41) is -1.12. The molecule has 1 aliphatic heterocycles. The highest BCUT2D eigenvalue weighted by Gasteiger charge is 2.28. The summed E-state index contributed by atoms with van der Waals surface area (Å²) < 4.78 is 26.9. The van der Waals surface area contributed by atoms with Gasteiger partial charge in [-0.1, -0.05) is 13.0 Å². The minimum atomic E-state index is -3.72. The van der Waals surface area contributed by atoms with E-state index < -0.39 is 21.2 Å². The Balaban J connectivity index is 1.94. The first-order chi connectivity index (χ1) is 11.7. The van der Waals surface area contributed by atoms with E-state index in [4.69, 9.17) is 0 Å².